The highest BCUT2D eigenvalue weighted by Gasteiger charge is 2.09. The molecule has 1 rings (SSSR count). The van der Waals surface area contributed by atoms with Gasteiger partial charge in [-0.2, -0.15) is 12.6 Å². The molecule has 0 aliphatic heterocycles. The Labute approximate surface area is 101 Å². The standard InChI is InChI=1S/C11H14Cl2S/c1-7(2)11(14)6-8-3-4-9(12)10(13)5-8/h3-5,7,11,14H,6H2,1-2H3. The number of halogens is 2. The molecule has 0 radical (unpaired) electrons. The second-order valence-electron chi connectivity index (χ2n) is 3.76. The summed E-state index contributed by atoms with van der Waals surface area (Å²) in [6.45, 7) is 4.32. The van der Waals surface area contributed by atoms with E-state index in [-0.39, 0.29) is 0 Å². The van der Waals surface area contributed by atoms with Crippen LogP contribution in [0.1, 0.15) is 19.4 Å². The summed E-state index contributed by atoms with van der Waals surface area (Å²) in [4.78, 5) is 0. The van der Waals surface area contributed by atoms with Crippen molar-refractivity contribution in [2.24, 2.45) is 5.92 Å². The van der Waals surface area contributed by atoms with Crippen LogP contribution in [0, 0.1) is 5.92 Å². The highest BCUT2D eigenvalue weighted by atomic mass is 35.5. The molecule has 0 spiro atoms. The Balaban J connectivity index is 2.73. The van der Waals surface area contributed by atoms with Crippen LogP contribution in [0.15, 0.2) is 18.2 Å². The first kappa shape index (κ1) is 12.2. The molecule has 0 aliphatic carbocycles. The molecule has 0 aromatic heterocycles. The van der Waals surface area contributed by atoms with Crippen molar-refractivity contribution in [1.29, 1.82) is 0 Å². The van der Waals surface area contributed by atoms with Gasteiger partial charge in [-0.1, -0.05) is 43.1 Å². The minimum atomic E-state index is 0.368. The quantitative estimate of drug-likeness (QED) is 0.749. The highest BCUT2D eigenvalue weighted by Crippen LogP contribution is 2.24. The van der Waals surface area contributed by atoms with Crippen LogP contribution in [0.2, 0.25) is 10.0 Å². The molecule has 1 aromatic carbocycles. The zero-order chi connectivity index (χ0) is 10.7. The van der Waals surface area contributed by atoms with Gasteiger partial charge in [0, 0.05) is 5.25 Å². The van der Waals surface area contributed by atoms with E-state index in [4.69, 9.17) is 23.2 Å². The lowest BCUT2D eigenvalue weighted by atomic mass is 10.0. The lowest BCUT2D eigenvalue weighted by Gasteiger charge is -2.14. The number of rotatable bonds is 3. The third-order valence-corrected chi connectivity index (χ3v) is 3.72. The summed E-state index contributed by atoms with van der Waals surface area (Å²) < 4.78 is 0. The molecule has 14 heavy (non-hydrogen) atoms. The molecule has 1 atom stereocenters. The van der Waals surface area contributed by atoms with Crippen LogP contribution in [-0.4, -0.2) is 5.25 Å². The van der Waals surface area contributed by atoms with E-state index in [1.807, 2.05) is 18.2 Å². The molecule has 0 amide bonds. The van der Waals surface area contributed by atoms with Crippen LogP contribution < -0.4 is 0 Å². The minimum Gasteiger partial charge on any atom is -0.175 e. The van der Waals surface area contributed by atoms with Crippen LogP contribution in [0.25, 0.3) is 0 Å². The molecule has 0 aliphatic rings. The largest absolute Gasteiger partial charge is 0.175 e. The first-order chi connectivity index (χ1) is 6.50. The summed E-state index contributed by atoms with van der Waals surface area (Å²) in [5.74, 6) is 0.563. The maximum atomic E-state index is 5.92. The topological polar surface area (TPSA) is 0 Å². The van der Waals surface area contributed by atoms with Gasteiger partial charge in [0.1, 0.15) is 0 Å². The van der Waals surface area contributed by atoms with Gasteiger partial charge < -0.3 is 0 Å². The van der Waals surface area contributed by atoms with Gasteiger partial charge in [-0.05, 0) is 30.0 Å². The Kier molecular flexibility index (Phi) is 4.62. The summed E-state index contributed by atoms with van der Waals surface area (Å²) in [5, 5.41) is 1.59. The van der Waals surface area contributed by atoms with Gasteiger partial charge in [0.25, 0.3) is 0 Å². The van der Waals surface area contributed by atoms with Crippen molar-refractivity contribution in [1.82, 2.24) is 0 Å². The van der Waals surface area contributed by atoms with Gasteiger partial charge in [0.15, 0.2) is 0 Å². The fraction of sp³-hybridized carbons (Fsp3) is 0.455. The summed E-state index contributed by atoms with van der Waals surface area (Å²) in [6, 6.07) is 5.75. The molecule has 1 aromatic rings. The van der Waals surface area contributed by atoms with Gasteiger partial charge in [-0.3, -0.25) is 0 Å². The molecule has 0 N–H and O–H groups in total. The van der Waals surface area contributed by atoms with Crippen molar-refractivity contribution in [3.05, 3.63) is 33.8 Å². The van der Waals surface area contributed by atoms with Crippen LogP contribution in [-0.2, 0) is 6.42 Å². The van der Waals surface area contributed by atoms with E-state index in [2.05, 4.69) is 26.5 Å². The molecule has 0 fully saturated rings. The first-order valence-electron chi connectivity index (χ1n) is 4.62. The van der Waals surface area contributed by atoms with E-state index in [0.29, 0.717) is 21.2 Å². The fourth-order valence-electron chi connectivity index (χ4n) is 1.14. The van der Waals surface area contributed by atoms with Crippen LogP contribution >= 0.6 is 35.8 Å². The number of hydrogen-bond donors (Lipinski definition) is 1. The minimum absolute atomic E-state index is 0.368. The van der Waals surface area contributed by atoms with E-state index in [0.717, 1.165) is 6.42 Å². The number of thiol groups is 1. The average molecular weight is 249 g/mol. The summed E-state index contributed by atoms with van der Waals surface area (Å²) in [7, 11) is 0. The molecule has 1 unspecified atom stereocenters. The second kappa shape index (κ2) is 5.29. The van der Waals surface area contributed by atoms with E-state index in [9.17, 15) is 0 Å². The van der Waals surface area contributed by atoms with Crippen molar-refractivity contribution in [2.45, 2.75) is 25.5 Å². The van der Waals surface area contributed by atoms with E-state index in [1.165, 1.54) is 5.56 Å². The SMILES string of the molecule is CC(C)C(S)Cc1ccc(Cl)c(Cl)c1. The van der Waals surface area contributed by atoms with Gasteiger partial charge in [-0.15, -0.1) is 0 Å². The van der Waals surface area contributed by atoms with Crippen molar-refractivity contribution in [3.63, 3.8) is 0 Å². The van der Waals surface area contributed by atoms with Gasteiger partial charge in [0.05, 0.1) is 10.0 Å². The number of hydrogen-bond acceptors (Lipinski definition) is 1. The zero-order valence-electron chi connectivity index (χ0n) is 8.30. The van der Waals surface area contributed by atoms with E-state index in [1.54, 1.807) is 0 Å². The third-order valence-electron chi connectivity index (χ3n) is 2.20. The molecular formula is C11H14Cl2S. The zero-order valence-corrected chi connectivity index (χ0v) is 10.7. The average Bonchev–Trinajstić information content (AvgIpc) is 2.11. The predicted octanol–water partition coefficient (Wildman–Crippen LogP) is 4.49. The summed E-state index contributed by atoms with van der Waals surface area (Å²) in [5.41, 5.74) is 1.19. The number of benzene rings is 1. The maximum absolute atomic E-state index is 5.92. The van der Waals surface area contributed by atoms with Crippen molar-refractivity contribution < 1.29 is 0 Å². The Morgan fingerprint density at radius 1 is 1.21 bits per heavy atom. The van der Waals surface area contributed by atoms with E-state index < -0.39 is 0 Å². The van der Waals surface area contributed by atoms with Gasteiger partial charge in [0.2, 0.25) is 0 Å². The Hall–Kier alpha value is 0.150. The predicted molar refractivity (Wildman–Crippen MR) is 67.8 cm³/mol. The molecule has 0 nitrogen and oxygen atoms in total. The highest BCUT2D eigenvalue weighted by molar-refractivity contribution is 7.81. The molecule has 78 valence electrons. The van der Waals surface area contributed by atoms with Crippen LogP contribution in [0.4, 0.5) is 0 Å². The smallest absolute Gasteiger partial charge is 0.0595 e. The Morgan fingerprint density at radius 3 is 2.36 bits per heavy atom. The Morgan fingerprint density at radius 2 is 1.86 bits per heavy atom. The molecular weight excluding hydrogens is 235 g/mol. The third kappa shape index (κ3) is 3.38. The van der Waals surface area contributed by atoms with Crippen LogP contribution in [0.3, 0.4) is 0 Å². The van der Waals surface area contributed by atoms with Crippen LogP contribution in [0.5, 0.6) is 0 Å². The molecule has 0 heterocycles. The van der Waals surface area contributed by atoms with Crippen molar-refractivity contribution in [3.8, 4) is 0 Å². The first-order valence-corrected chi connectivity index (χ1v) is 5.90. The van der Waals surface area contributed by atoms with Gasteiger partial charge in [-0.25, -0.2) is 0 Å². The van der Waals surface area contributed by atoms with Crippen molar-refractivity contribution in [2.75, 3.05) is 0 Å². The lowest BCUT2D eigenvalue weighted by Crippen LogP contribution is -2.11. The molecule has 0 saturated carbocycles. The second-order valence-corrected chi connectivity index (χ2v) is 5.24. The summed E-state index contributed by atoms with van der Waals surface area (Å²) >= 11 is 16.3. The van der Waals surface area contributed by atoms with Gasteiger partial charge >= 0.3 is 0 Å². The lowest BCUT2D eigenvalue weighted by molar-refractivity contribution is 0.607. The Bertz CT molecular complexity index is 310. The molecule has 0 saturated heterocycles. The normalized spacial score (nSPS) is 13.3. The molecule has 3 heteroatoms. The summed E-state index contributed by atoms with van der Waals surface area (Å²) in [6.07, 6.45) is 0.928. The fourth-order valence-corrected chi connectivity index (χ4v) is 1.68. The van der Waals surface area contributed by atoms with E-state index >= 15 is 0 Å². The maximum Gasteiger partial charge on any atom is 0.0595 e. The molecule has 0 bridgehead atoms. The van der Waals surface area contributed by atoms with Crippen molar-refractivity contribution >= 4 is 35.8 Å². The monoisotopic (exact) mass is 248 g/mol.